The molecule has 33 heavy (non-hydrogen) atoms. The third-order valence-electron chi connectivity index (χ3n) is 5.22. The summed E-state index contributed by atoms with van der Waals surface area (Å²) in [5, 5.41) is 3.06. The van der Waals surface area contributed by atoms with Gasteiger partial charge in [0.2, 0.25) is 15.9 Å². The number of nitrogens with zero attached hydrogens (tertiary/aromatic N) is 1. The first kappa shape index (κ1) is 24.8. The lowest BCUT2D eigenvalue weighted by Gasteiger charge is -2.23. The molecule has 3 aromatic carbocycles. The van der Waals surface area contributed by atoms with E-state index in [1.54, 1.807) is 0 Å². The first-order chi connectivity index (χ1) is 15.6. The van der Waals surface area contributed by atoms with Crippen molar-refractivity contribution in [1.82, 2.24) is 4.31 Å². The summed E-state index contributed by atoms with van der Waals surface area (Å²) >= 11 is 6.17. The van der Waals surface area contributed by atoms with E-state index in [2.05, 4.69) is 5.32 Å². The van der Waals surface area contributed by atoms with E-state index in [1.165, 1.54) is 25.3 Å². The molecular formula is C25H27ClN2O4S. The highest BCUT2D eigenvalue weighted by Gasteiger charge is 2.28. The smallest absolute Gasteiger partial charge is 0.243 e. The van der Waals surface area contributed by atoms with Gasteiger partial charge in [0.05, 0.1) is 23.6 Å². The van der Waals surface area contributed by atoms with Crippen LogP contribution in [0.5, 0.6) is 5.75 Å². The Bertz CT molecular complexity index is 1240. The van der Waals surface area contributed by atoms with Crippen LogP contribution in [0.1, 0.15) is 22.3 Å². The van der Waals surface area contributed by atoms with Gasteiger partial charge in [0.25, 0.3) is 0 Å². The van der Waals surface area contributed by atoms with Crippen molar-refractivity contribution in [1.29, 1.82) is 0 Å². The van der Waals surface area contributed by atoms with E-state index in [0.717, 1.165) is 26.6 Å². The molecule has 8 heteroatoms. The fraction of sp³-hybridized carbons (Fsp3) is 0.240. The highest BCUT2D eigenvalue weighted by atomic mass is 35.5. The van der Waals surface area contributed by atoms with Gasteiger partial charge in [-0.1, -0.05) is 59.6 Å². The first-order valence-electron chi connectivity index (χ1n) is 10.4. The molecule has 0 aliphatic heterocycles. The van der Waals surface area contributed by atoms with Crippen molar-refractivity contribution < 1.29 is 17.9 Å². The van der Waals surface area contributed by atoms with Crippen molar-refractivity contribution in [3.63, 3.8) is 0 Å². The maximum Gasteiger partial charge on any atom is 0.243 e. The van der Waals surface area contributed by atoms with Gasteiger partial charge in [0.15, 0.2) is 0 Å². The largest absolute Gasteiger partial charge is 0.495 e. The van der Waals surface area contributed by atoms with Crippen LogP contribution in [0.2, 0.25) is 5.02 Å². The van der Waals surface area contributed by atoms with Crippen LogP contribution in [-0.4, -0.2) is 32.3 Å². The zero-order chi connectivity index (χ0) is 24.2. The Morgan fingerprint density at radius 3 is 2.21 bits per heavy atom. The maximum atomic E-state index is 13.5. The van der Waals surface area contributed by atoms with Crippen LogP contribution in [0.4, 0.5) is 5.69 Å². The Morgan fingerprint density at radius 1 is 1.00 bits per heavy atom. The molecule has 0 spiro atoms. The predicted octanol–water partition coefficient (Wildman–Crippen LogP) is 5.10. The number of rotatable bonds is 8. The number of aryl methyl sites for hydroxylation is 3. The summed E-state index contributed by atoms with van der Waals surface area (Å²) in [7, 11) is -2.57. The van der Waals surface area contributed by atoms with Crippen LogP contribution >= 0.6 is 11.6 Å². The molecule has 3 rings (SSSR count). The first-order valence-corrected chi connectivity index (χ1v) is 12.2. The number of hydrogen-bond donors (Lipinski definition) is 1. The molecule has 0 saturated carbocycles. The van der Waals surface area contributed by atoms with Gasteiger partial charge in [0, 0.05) is 12.2 Å². The van der Waals surface area contributed by atoms with Crippen molar-refractivity contribution in [3.05, 3.63) is 87.9 Å². The number of hydrogen-bond acceptors (Lipinski definition) is 4. The summed E-state index contributed by atoms with van der Waals surface area (Å²) in [5.74, 6) is -0.0579. The van der Waals surface area contributed by atoms with Crippen molar-refractivity contribution in [3.8, 4) is 5.75 Å². The molecule has 6 nitrogen and oxygen atoms in total. The van der Waals surface area contributed by atoms with E-state index in [4.69, 9.17) is 16.3 Å². The fourth-order valence-corrected chi connectivity index (χ4v) is 5.42. The number of sulfonamides is 1. The lowest BCUT2D eigenvalue weighted by atomic mass is 10.1. The molecule has 0 atom stereocenters. The number of carbonyl (C=O) groups excluding carboxylic acids is 1. The maximum absolute atomic E-state index is 13.5. The summed E-state index contributed by atoms with van der Waals surface area (Å²) in [4.78, 5) is 13.0. The van der Waals surface area contributed by atoms with Crippen LogP contribution in [0.25, 0.3) is 0 Å². The molecule has 0 bridgehead atoms. The van der Waals surface area contributed by atoms with Gasteiger partial charge >= 0.3 is 0 Å². The summed E-state index contributed by atoms with van der Waals surface area (Å²) < 4.78 is 33.3. The Hall–Kier alpha value is -2.87. The van der Waals surface area contributed by atoms with Gasteiger partial charge in [0.1, 0.15) is 5.75 Å². The molecule has 1 N–H and O–H groups in total. The molecule has 0 heterocycles. The molecule has 0 fully saturated rings. The van der Waals surface area contributed by atoms with Gasteiger partial charge in [-0.2, -0.15) is 4.31 Å². The highest BCUT2D eigenvalue weighted by molar-refractivity contribution is 7.89. The third kappa shape index (κ3) is 5.93. The van der Waals surface area contributed by atoms with Crippen molar-refractivity contribution in [2.45, 2.75) is 32.2 Å². The molecule has 1 amide bonds. The third-order valence-corrected chi connectivity index (χ3v) is 7.31. The Kier molecular flexibility index (Phi) is 7.79. The van der Waals surface area contributed by atoms with E-state index in [1.807, 2.05) is 63.2 Å². The lowest BCUT2D eigenvalue weighted by molar-refractivity contribution is -0.116. The average Bonchev–Trinajstić information content (AvgIpc) is 2.76. The highest BCUT2D eigenvalue weighted by Crippen LogP contribution is 2.29. The monoisotopic (exact) mass is 486 g/mol. The number of anilines is 1. The van der Waals surface area contributed by atoms with Gasteiger partial charge in [-0.3, -0.25) is 4.79 Å². The summed E-state index contributed by atoms with van der Waals surface area (Å²) in [5.41, 5.74) is 4.37. The second-order valence-corrected chi connectivity index (χ2v) is 10.2. The molecule has 3 aromatic rings. The standard InChI is InChI=1S/C25H27ClN2O4S/c1-17-12-18(2)25(19(3)13-17)27-24(29)16-28(15-20-8-6-5-7-9-20)33(30,31)21-10-11-23(32-4)22(26)14-21/h5-14H,15-16H2,1-4H3,(H,27,29). The Balaban J connectivity index is 1.93. The Labute approximate surface area is 200 Å². The number of ether oxygens (including phenoxy) is 1. The van der Waals surface area contributed by atoms with Crippen LogP contribution in [0, 0.1) is 20.8 Å². The van der Waals surface area contributed by atoms with Gasteiger partial charge in [-0.05, 0) is 55.7 Å². The summed E-state index contributed by atoms with van der Waals surface area (Å²) in [6.45, 7) is 5.49. The zero-order valence-electron chi connectivity index (χ0n) is 19.1. The van der Waals surface area contributed by atoms with Crippen molar-refractivity contribution in [2.75, 3.05) is 19.0 Å². The van der Waals surface area contributed by atoms with E-state index >= 15 is 0 Å². The molecule has 0 aliphatic rings. The number of benzene rings is 3. The minimum absolute atomic E-state index is 0.0141. The second kappa shape index (κ2) is 10.4. The fourth-order valence-electron chi connectivity index (χ4n) is 3.69. The number of halogens is 1. The quantitative estimate of drug-likeness (QED) is 0.480. The van der Waals surface area contributed by atoms with Crippen LogP contribution in [-0.2, 0) is 21.4 Å². The average molecular weight is 487 g/mol. The molecule has 0 aromatic heterocycles. The van der Waals surface area contributed by atoms with Crippen LogP contribution in [0.15, 0.2) is 65.6 Å². The van der Waals surface area contributed by atoms with Gasteiger partial charge < -0.3 is 10.1 Å². The van der Waals surface area contributed by atoms with Crippen LogP contribution in [0.3, 0.4) is 0 Å². The molecular weight excluding hydrogens is 460 g/mol. The van der Waals surface area contributed by atoms with E-state index in [9.17, 15) is 13.2 Å². The number of methoxy groups -OCH3 is 1. The molecule has 0 radical (unpaired) electrons. The van der Waals surface area contributed by atoms with Crippen molar-refractivity contribution >= 4 is 33.2 Å². The SMILES string of the molecule is COc1ccc(S(=O)(=O)N(CC(=O)Nc2c(C)cc(C)cc2C)Cc2ccccc2)cc1Cl. The topological polar surface area (TPSA) is 75.7 Å². The van der Waals surface area contributed by atoms with Gasteiger partial charge in [-0.25, -0.2) is 8.42 Å². The minimum Gasteiger partial charge on any atom is -0.495 e. The summed E-state index contributed by atoms with van der Waals surface area (Å²) in [6, 6.07) is 17.3. The number of nitrogens with one attached hydrogen (secondary N) is 1. The predicted molar refractivity (Wildman–Crippen MR) is 131 cm³/mol. The number of amides is 1. The zero-order valence-corrected chi connectivity index (χ0v) is 20.6. The molecule has 0 saturated heterocycles. The number of carbonyl (C=O) groups is 1. The molecule has 0 aliphatic carbocycles. The minimum atomic E-state index is -4.03. The van der Waals surface area contributed by atoms with E-state index in [0.29, 0.717) is 11.4 Å². The summed E-state index contributed by atoms with van der Waals surface area (Å²) in [6.07, 6.45) is 0. The molecule has 0 unspecified atom stereocenters. The lowest BCUT2D eigenvalue weighted by Crippen LogP contribution is -2.37. The Morgan fingerprint density at radius 2 is 1.64 bits per heavy atom. The van der Waals surface area contributed by atoms with Crippen LogP contribution < -0.4 is 10.1 Å². The van der Waals surface area contributed by atoms with Gasteiger partial charge in [-0.15, -0.1) is 0 Å². The molecule has 174 valence electrons. The van der Waals surface area contributed by atoms with E-state index < -0.39 is 15.9 Å². The van der Waals surface area contributed by atoms with Crippen molar-refractivity contribution in [2.24, 2.45) is 0 Å². The second-order valence-electron chi connectivity index (χ2n) is 7.88. The normalized spacial score (nSPS) is 11.5. The van der Waals surface area contributed by atoms with E-state index in [-0.39, 0.29) is 23.0 Å².